The molecule has 0 amide bonds. The Balaban J connectivity index is 0.000000367. The van der Waals surface area contributed by atoms with E-state index in [1.54, 1.807) is 0 Å². The van der Waals surface area contributed by atoms with Crippen LogP contribution in [0.2, 0.25) is 0 Å². The first-order valence-electron chi connectivity index (χ1n) is 5.53. The summed E-state index contributed by atoms with van der Waals surface area (Å²) in [6, 6.07) is 19.0. The molecule has 18 heavy (non-hydrogen) atoms. The molecule has 3 rings (SSSR count). The van der Waals surface area contributed by atoms with Crippen LogP contribution in [0.4, 0.5) is 0 Å². The summed E-state index contributed by atoms with van der Waals surface area (Å²) in [5.41, 5.74) is 3.94. The van der Waals surface area contributed by atoms with Gasteiger partial charge in [-0.2, -0.15) is 0 Å². The van der Waals surface area contributed by atoms with Crippen molar-refractivity contribution >= 4 is 32.4 Å². The molecule has 0 bridgehead atoms. The molecule has 2 aromatic carbocycles. The van der Waals surface area contributed by atoms with Crippen molar-refractivity contribution in [1.29, 1.82) is 0 Å². The number of rotatable bonds is 1. The van der Waals surface area contributed by atoms with Gasteiger partial charge in [-0.1, -0.05) is 66.7 Å². The summed E-state index contributed by atoms with van der Waals surface area (Å²) in [4.78, 5) is 0. The molecule has 0 N–H and O–H groups in total. The summed E-state index contributed by atoms with van der Waals surface area (Å²) in [6.45, 7) is 0. The Hall–Kier alpha value is -0.146. The van der Waals surface area contributed by atoms with Gasteiger partial charge < -0.3 is 0 Å². The molecule has 0 nitrogen and oxygen atoms in total. The molecule has 0 heterocycles. The van der Waals surface area contributed by atoms with Crippen molar-refractivity contribution in [3.8, 4) is 0 Å². The van der Waals surface area contributed by atoms with Gasteiger partial charge in [0.1, 0.15) is 0 Å². The Morgan fingerprint density at radius 1 is 0.722 bits per heavy atom. The van der Waals surface area contributed by atoms with E-state index in [0.717, 1.165) is 0 Å². The molecule has 0 saturated heterocycles. The average molecular weight is 399 g/mol. The molecule has 0 unspecified atom stereocenters. The molecular weight excluding hydrogens is 388 g/mol. The van der Waals surface area contributed by atoms with E-state index in [1.807, 2.05) is 0 Å². The van der Waals surface area contributed by atoms with Crippen LogP contribution in [0.15, 0.2) is 60.7 Å². The number of benzene rings is 2. The molecule has 1 aliphatic carbocycles. The van der Waals surface area contributed by atoms with Gasteiger partial charge in [-0.05, 0) is 16.7 Å². The second-order valence-electron chi connectivity index (χ2n) is 3.77. The van der Waals surface area contributed by atoms with Crippen molar-refractivity contribution in [3.63, 3.8) is 0 Å². The van der Waals surface area contributed by atoms with Crippen molar-refractivity contribution in [2.45, 2.75) is 0 Å². The van der Waals surface area contributed by atoms with Crippen LogP contribution in [0.1, 0.15) is 16.7 Å². The third-order valence-corrected chi connectivity index (χ3v) is 2.77. The molecule has 0 aromatic heterocycles. The van der Waals surface area contributed by atoms with Crippen LogP contribution in [-0.2, 0) is 15.0 Å². The van der Waals surface area contributed by atoms with E-state index >= 15 is 0 Å². The third-order valence-electron chi connectivity index (χ3n) is 2.77. The van der Waals surface area contributed by atoms with E-state index in [0.29, 0.717) is 0 Å². The minimum atomic E-state index is 0.125. The maximum absolute atomic E-state index is 3.19. The Kier molecular flexibility index (Phi) is 5.90. The fourth-order valence-corrected chi connectivity index (χ4v) is 2.02. The Bertz CT molecular complexity index is 523. The van der Waals surface area contributed by atoms with E-state index in [4.69, 9.17) is 0 Å². The van der Waals surface area contributed by atoms with Gasteiger partial charge in [0, 0.05) is 0 Å². The molecule has 1 radical (unpaired) electrons. The molecule has 89 valence electrons. The topological polar surface area (TPSA) is 0 Å². The number of hydrogen-bond acceptors (Lipinski definition) is 0. The summed E-state index contributed by atoms with van der Waals surface area (Å²) in [5, 5.41) is 0. The summed E-state index contributed by atoms with van der Waals surface area (Å²) in [6.07, 6.45) is 4.37. The fraction of sp³-hybridized carbons (Fsp3) is 0. The van der Waals surface area contributed by atoms with Crippen molar-refractivity contribution in [2.24, 2.45) is 0 Å². The van der Waals surface area contributed by atoms with Gasteiger partial charge in [0.15, 0.2) is 0 Å². The number of allylic oxidation sites excluding steroid dienone is 1. The minimum absolute atomic E-state index is 0.125. The zero-order chi connectivity index (χ0) is 12.8. The molecule has 2 aromatic rings. The van der Waals surface area contributed by atoms with E-state index in [9.17, 15) is 0 Å². The number of fused-ring (bicyclic) bond motifs is 1. The molecular formula is C15H11Br2Ti. The van der Waals surface area contributed by atoms with Gasteiger partial charge in [-0.15, -0.1) is 0 Å². The summed E-state index contributed by atoms with van der Waals surface area (Å²) in [7, 11) is 0. The first-order chi connectivity index (χ1) is 8.86. The van der Waals surface area contributed by atoms with E-state index < -0.39 is 0 Å². The quantitative estimate of drug-likeness (QED) is 0.566. The molecule has 0 spiro atoms. The van der Waals surface area contributed by atoms with Gasteiger partial charge in [0.25, 0.3) is 0 Å². The standard InChI is InChI=1S/C15H11.2BrH.Ti/c1-2-6-12(7-3-1)15-11-10-13-8-4-5-9-14(13)15;;;/h1-11H;2*1H;/q;;;+2/p-2. The van der Waals surface area contributed by atoms with Crippen LogP contribution < -0.4 is 0 Å². The third kappa shape index (κ3) is 3.45. The molecule has 1 aliphatic rings. The van der Waals surface area contributed by atoms with Crippen LogP contribution in [0, 0.1) is 5.92 Å². The van der Waals surface area contributed by atoms with Crippen LogP contribution in [0.25, 0.3) is 6.08 Å². The first-order valence-corrected chi connectivity index (χ1v) is 13.2. The fourth-order valence-electron chi connectivity index (χ4n) is 2.02. The normalized spacial score (nSPS) is 12.6. The van der Waals surface area contributed by atoms with Crippen LogP contribution in [-0.4, -0.2) is 0 Å². The van der Waals surface area contributed by atoms with E-state index in [-0.39, 0.29) is 15.0 Å². The Morgan fingerprint density at radius 2 is 1.33 bits per heavy atom. The Morgan fingerprint density at radius 3 is 2.06 bits per heavy atom. The molecule has 0 saturated carbocycles. The van der Waals surface area contributed by atoms with Gasteiger partial charge in [0.05, 0.1) is 5.92 Å². The number of hydrogen-bond donors (Lipinski definition) is 0. The van der Waals surface area contributed by atoms with Gasteiger partial charge in [0.2, 0.25) is 0 Å². The van der Waals surface area contributed by atoms with Gasteiger partial charge in [-0.3, -0.25) is 0 Å². The SMILES string of the molecule is C1=Cc2ccccc2[C]1c1ccccc1.[Br][Ti][Br]. The van der Waals surface area contributed by atoms with E-state index in [2.05, 4.69) is 93.1 Å². The molecule has 0 atom stereocenters. The first kappa shape index (κ1) is 14.3. The van der Waals surface area contributed by atoms with Gasteiger partial charge in [-0.25, -0.2) is 0 Å². The Labute approximate surface area is 130 Å². The maximum atomic E-state index is 3.19. The van der Waals surface area contributed by atoms with Crippen molar-refractivity contribution in [3.05, 3.63) is 83.3 Å². The van der Waals surface area contributed by atoms with Crippen molar-refractivity contribution < 1.29 is 15.0 Å². The van der Waals surface area contributed by atoms with Crippen molar-refractivity contribution in [2.75, 3.05) is 0 Å². The summed E-state index contributed by atoms with van der Waals surface area (Å²) >= 11 is 6.50. The van der Waals surface area contributed by atoms with Gasteiger partial charge >= 0.3 is 41.3 Å². The second kappa shape index (κ2) is 7.45. The second-order valence-corrected chi connectivity index (χ2v) is 11.7. The van der Waals surface area contributed by atoms with Crippen LogP contribution in [0.3, 0.4) is 0 Å². The zero-order valence-corrected chi connectivity index (χ0v) is 14.3. The van der Waals surface area contributed by atoms with Crippen LogP contribution in [0.5, 0.6) is 0 Å². The zero-order valence-electron chi connectivity index (χ0n) is 9.61. The molecule has 0 fully saturated rings. The summed E-state index contributed by atoms with van der Waals surface area (Å²) in [5.74, 6) is 1.33. The molecule has 0 aliphatic heterocycles. The van der Waals surface area contributed by atoms with Crippen molar-refractivity contribution in [1.82, 2.24) is 0 Å². The number of halogens is 2. The monoisotopic (exact) mass is 397 g/mol. The predicted molar refractivity (Wildman–Crippen MR) is 81.2 cm³/mol. The van der Waals surface area contributed by atoms with Crippen LogP contribution >= 0.6 is 26.3 Å². The predicted octanol–water partition coefficient (Wildman–Crippen LogP) is 5.37. The average Bonchev–Trinajstić information content (AvgIpc) is 2.84. The molecule has 3 heteroatoms. The summed E-state index contributed by atoms with van der Waals surface area (Å²) < 4.78 is 0. The van der Waals surface area contributed by atoms with E-state index in [1.165, 1.54) is 22.6 Å².